The van der Waals surface area contributed by atoms with Crippen LogP contribution in [-0.4, -0.2) is 20.1 Å². The zero-order valence-corrected chi connectivity index (χ0v) is 19.6. The molecule has 1 heterocycles. The van der Waals surface area contributed by atoms with Crippen molar-refractivity contribution in [1.82, 2.24) is 14.2 Å². The lowest BCUT2D eigenvalue weighted by molar-refractivity contribution is -0.114. The molecule has 5 nitrogen and oxygen atoms in total. The van der Waals surface area contributed by atoms with E-state index in [-0.39, 0.29) is 5.91 Å². The number of anilines is 1. The third-order valence-electron chi connectivity index (χ3n) is 4.36. The summed E-state index contributed by atoms with van der Waals surface area (Å²) < 4.78 is 1.83. The predicted octanol–water partition coefficient (Wildman–Crippen LogP) is 5.72. The average molecular weight is 417 g/mol. The minimum atomic E-state index is -0.0260. The van der Waals surface area contributed by atoms with Gasteiger partial charge >= 0.3 is 0 Å². The summed E-state index contributed by atoms with van der Waals surface area (Å²) in [6.07, 6.45) is 6.93. The largest absolute Gasteiger partial charge is 0.326 e. The number of nitrogens with one attached hydrogen (secondary N) is 1. The molecule has 0 atom stereocenters. The Balaban J connectivity index is 0.000000308. The summed E-state index contributed by atoms with van der Waals surface area (Å²) in [6.45, 7) is 16.0. The molecule has 0 bridgehead atoms. The van der Waals surface area contributed by atoms with E-state index in [0.29, 0.717) is 5.41 Å². The summed E-state index contributed by atoms with van der Waals surface area (Å²) in [7, 11) is 0. The second-order valence-corrected chi connectivity index (χ2v) is 8.99. The van der Waals surface area contributed by atoms with E-state index in [1.165, 1.54) is 18.9 Å². The highest BCUT2D eigenvalue weighted by Gasteiger charge is 2.12. The molecule has 160 valence electrons. The van der Waals surface area contributed by atoms with Gasteiger partial charge in [0.1, 0.15) is 11.6 Å². The first-order valence-corrected chi connectivity index (χ1v) is 10.5. The Kier molecular flexibility index (Phi) is 10.2. The van der Waals surface area contributed by atoms with E-state index in [4.69, 9.17) is 0 Å². The van der Waals surface area contributed by atoms with E-state index < -0.39 is 0 Å². The average Bonchev–Trinajstić information content (AvgIpc) is 2.95. The van der Waals surface area contributed by atoms with Gasteiger partial charge in [0.15, 0.2) is 0 Å². The van der Waals surface area contributed by atoms with Crippen molar-refractivity contribution in [3.63, 3.8) is 0 Å². The molecule has 2 aromatic rings. The second kappa shape index (κ2) is 11.8. The number of hydrogen-bond acceptors (Lipinski definition) is 4. The summed E-state index contributed by atoms with van der Waals surface area (Å²) in [4.78, 5) is 10.7. The van der Waals surface area contributed by atoms with Crippen LogP contribution in [0.15, 0.2) is 30.9 Å². The van der Waals surface area contributed by atoms with Crippen molar-refractivity contribution in [2.24, 2.45) is 5.41 Å². The zero-order chi connectivity index (χ0) is 22.0. The van der Waals surface area contributed by atoms with Gasteiger partial charge < -0.3 is 5.32 Å². The van der Waals surface area contributed by atoms with Gasteiger partial charge in [-0.25, -0.2) is 0 Å². The lowest BCUT2D eigenvalue weighted by Crippen LogP contribution is -2.06. The number of thiol groups is 1. The summed E-state index contributed by atoms with van der Waals surface area (Å²) in [5, 5.41) is 11.1. The Bertz CT molecular complexity index is 806. The van der Waals surface area contributed by atoms with Crippen molar-refractivity contribution < 1.29 is 4.79 Å². The molecule has 0 saturated carbocycles. The molecule has 0 fully saturated rings. The summed E-state index contributed by atoms with van der Waals surface area (Å²) in [5.74, 6) is 1.87. The molecule has 1 N–H and O–H groups in total. The maximum absolute atomic E-state index is 10.7. The first kappa shape index (κ1) is 25.0. The number of carbonyl (C=O) groups is 1. The Morgan fingerprint density at radius 3 is 2.34 bits per heavy atom. The van der Waals surface area contributed by atoms with Gasteiger partial charge in [0.2, 0.25) is 5.91 Å². The summed E-state index contributed by atoms with van der Waals surface area (Å²) in [6, 6.07) is 5.95. The quantitative estimate of drug-likeness (QED) is 0.448. The van der Waals surface area contributed by atoms with Crippen LogP contribution < -0.4 is 5.32 Å². The highest BCUT2D eigenvalue weighted by Crippen LogP contribution is 2.22. The van der Waals surface area contributed by atoms with Crippen LogP contribution in [0.25, 0.3) is 0 Å². The van der Waals surface area contributed by atoms with Crippen LogP contribution in [0.5, 0.6) is 0 Å². The Labute approximate surface area is 181 Å². The fourth-order valence-electron chi connectivity index (χ4n) is 2.81. The van der Waals surface area contributed by atoms with E-state index >= 15 is 0 Å². The minimum absolute atomic E-state index is 0.0260. The van der Waals surface area contributed by atoms with Crippen molar-refractivity contribution in [2.75, 3.05) is 5.32 Å². The number of carbonyl (C=O) groups excluding carboxylic acids is 1. The number of hydrogen-bond donors (Lipinski definition) is 2. The zero-order valence-electron chi connectivity index (χ0n) is 18.7. The molecule has 0 aliphatic carbocycles. The highest BCUT2D eigenvalue weighted by atomic mass is 32.1. The van der Waals surface area contributed by atoms with Crippen molar-refractivity contribution in [3.05, 3.63) is 53.6 Å². The van der Waals surface area contributed by atoms with Gasteiger partial charge in [0, 0.05) is 25.5 Å². The molecule has 0 unspecified atom stereocenters. The minimum Gasteiger partial charge on any atom is -0.326 e. The molecule has 0 aliphatic rings. The van der Waals surface area contributed by atoms with Gasteiger partial charge in [-0.2, -0.15) is 0 Å². The standard InChI is InChI=1S/C13H23N3S.C10H13NO/c1-5-6-8-11-14-15-12(16(11)17)9-7-10-13(2,3)4;1-7-4-5-10(8(2)6-7)11-9(3)12/h5,17H,1,6-10H2,2-4H3;4-6H,1-3H3,(H,11,12). The number of aromatic nitrogens is 3. The molecular weight excluding hydrogens is 380 g/mol. The number of nitrogens with zero attached hydrogens (tertiary/aromatic N) is 3. The third kappa shape index (κ3) is 9.79. The monoisotopic (exact) mass is 416 g/mol. The normalized spacial score (nSPS) is 10.9. The molecule has 0 spiro atoms. The Morgan fingerprint density at radius 2 is 1.83 bits per heavy atom. The summed E-state index contributed by atoms with van der Waals surface area (Å²) in [5.41, 5.74) is 3.59. The third-order valence-corrected chi connectivity index (χ3v) is 4.82. The van der Waals surface area contributed by atoms with Crippen LogP contribution in [0.1, 0.15) is 69.7 Å². The van der Waals surface area contributed by atoms with Crippen molar-refractivity contribution in [1.29, 1.82) is 0 Å². The molecular formula is C23H36N4OS. The molecule has 6 heteroatoms. The van der Waals surface area contributed by atoms with Crippen molar-refractivity contribution in [2.45, 2.75) is 73.6 Å². The SMILES string of the molecule is C=CCCc1nnc(CCCC(C)(C)C)n1S.CC(=O)Nc1ccc(C)cc1C. The lowest BCUT2D eigenvalue weighted by atomic mass is 9.90. The van der Waals surface area contributed by atoms with Crippen LogP contribution in [0.4, 0.5) is 5.69 Å². The summed E-state index contributed by atoms with van der Waals surface area (Å²) >= 11 is 4.44. The predicted molar refractivity (Wildman–Crippen MR) is 126 cm³/mol. The Morgan fingerprint density at radius 1 is 1.21 bits per heavy atom. The maximum Gasteiger partial charge on any atom is 0.221 e. The molecule has 1 aromatic heterocycles. The van der Waals surface area contributed by atoms with E-state index in [2.05, 4.69) is 55.7 Å². The van der Waals surface area contributed by atoms with Crippen molar-refractivity contribution in [3.8, 4) is 0 Å². The smallest absolute Gasteiger partial charge is 0.221 e. The Hall–Kier alpha value is -2.08. The van der Waals surface area contributed by atoms with Gasteiger partial charge in [-0.05, 0) is 50.2 Å². The number of aryl methyl sites for hydroxylation is 4. The van der Waals surface area contributed by atoms with Crippen LogP contribution in [-0.2, 0) is 17.6 Å². The van der Waals surface area contributed by atoms with Gasteiger partial charge in [-0.1, -0.05) is 57.4 Å². The molecule has 29 heavy (non-hydrogen) atoms. The van der Waals surface area contributed by atoms with E-state index in [9.17, 15) is 4.79 Å². The first-order valence-electron chi connectivity index (χ1n) is 10.1. The van der Waals surface area contributed by atoms with E-state index in [1.54, 1.807) is 0 Å². The van der Waals surface area contributed by atoms with Crippen LogP contribution >= 0.6 is 12.8 Å². The van der Waals surface area contributed by atoms with Gasteiger partial charge in [-0.15, -0.1) is 16.8 Å². The number of allylic oxidation sites excluding steroid dienone is 1. The number of benzene rings is 1. The fourth-order valence-corrected chi connectivity index (χ4v) is 3.09. The molecule has 0 saturated heterocycles. The molecule has 0 aliphatic heterocycles. The van der Waals surface area contributed by atoms with Crippen LogP contribution in [0.3, 0.4) is 0 Å². The lowest BCUT2D eigenvalue weighted by Gasteiger charge is -2.17. The molecule has 0 radical (unpaired) electrons. The van der Waals surface area contributed by atoms with Gasteiger partial charge in [-0.3, -0.25) is 8.77 Å². The van der Waals surface area contributed by atoms with Gasteiger partial charge in [0.25, 0.3) is 0 Å². The van der Waals surface area contributed by atoms with Gasteiger partial charge in [0.05, 0.1) is 0 Å². The fraction of sp³-hybridized carbons (Fsp3) is 0.522. The molecule has 1 amide bonds. The van der Waals surface area contributed by atoms with E-state index in [0.717, 1.165) is 48.6 Å². The first-order chi connectivity index (χ1) is 13.5. The maximum atomic E-state index is 10.7. The van der Waals surface area contributed by atoms with E-state index in [1.807, 2.05) is 42.1 Å². The second-order valence-electron chi connectivity index (χ2n) is 8.59. The van der Waals surface area contributed by atoms with Crippen LogP contribution in [0, 0.1) is 19.3 Å². The number of amides is 1. The van der Waals surface area contributed by atoms with Crippen molar-refractivity contribution >= 4 is 24.4 Å². The number of rotatable bonds is 7. The molecule has 1 aromatic carbocycles. The highest BCUT2D eigenvalue weighted by molar-refractivity contribution is 7.78. The topological polar surface area (TPSA) is 59.8 Å². The molecule has 2 rings (SSSR count). The van der Waals surface area contributed by atoms with Crippen LogP contribution in [0.2, 0.25) is 0 Å².